The maximum atomic E-state index is 13.3. The Bertz CT molecular complexity index is 981. The molecule has 1 aliphatic heterocycles. The molecule has 1 atom stereocenters. The van der Waals surface area contributed by atoms with Gasteiger partial charge in [0, 0.05) is 17.5 Å². The Morgan fingerprint density at radius 3 is 2.48 bits per heavy atom. The Morgan fingerprint density at radius 2 is 1.74 bits per heavy atom. The number of anilines is 1. The van der Waals surface area contributed by atoms with Gasteiger partial charge in [-0.3, -0.25) is 9.59 Å². The van der Waals surface area contributed by atoms with E-state index in [2.05, 4.69) is 5.32 Å². The predicted molar refractivity (Wildman–Crippen MR) is 120 cm³/mol. The summed E-state index contributed by atoms with van der Waals surface area (Å²) in [6.07, 6.45) is 5.66. The lowest BCUT2D eigenvalue weighted by Gasteiger charge is -2.24. The number of carbonyl (C=O) groups is 3. The molecule has 1 fully saturated rings. The SMILES string of the molecule is O=CCN1C(=O)C(NC(=O)CC2CCCCC2)N=C(c2ccccc2)c2ccccc21. The van der Waals surface area contributed by atoms with Gasteiger partial charge in [0.05, 0.1) is 17.9 Å². The van der Waals surface area contributed by atoms with Gasteiger partial charge >= 0.3 is 0 Å². The molecule has 4 rings (SSSR count). The molecule has 6 heteroatoms. The molecule has 0 saturated heterocycles. The molecule has 2 aromatic carbocycles. The summed E-state index contributed by atoms with van der Waals surface area (Å²) in [4.78, 5) is 43.6. The number of carbonyl (C=O) groups excluding carboxylic acids is 3. The van der Waals surface area contributed by atoms with Crippen molar-refractivity contribution < 1.29 is 14.4 Å². The highest BCUT2D eigenvalue weighted by molar-refractivity contribution is 6.20. The van der Waals surface area contributed by atoms with Crippen molar-refractivity contribution in [1.82, 2.24) is 5.32 Å². The van der Waals surface area contributed by atoms with E-state index < -0.39 is 12.1 Å². The number of nitrogens with zero attached hydrogens (tertiary/aromatic N) is 2. The first kappa shape index (κ1) is 21.0. The van der Waals surface area contributed by atoms with Crippen LogP contribution in [0.4, 0.5) is 5.69 Å². The standard InChI is InChI=1S/C25H27N3O3/c29-16-15-28-21-14-8-7-13-20(21)23(19-11-5-2-6-12-19)27-24(25(28)31)26-22(30)17-18-9-3-1-4-10-18/h2,5-8,11-14,16,18,24H,1,3-4,9-10,15,17H2,(H,26,30). The molecule has 2 aliphatic rings. The van der Waals surface area contributed by atoms with Gasteiger partial charge in [-0.25, -0.2) is 4.99 Å². The van der Waals surface area contributed by atoms with Gasteiger partial charge in [0.2, 0.25) is 12.1 Å². The first-order chi connectivity index (χ1) is 15.2. The van der Waals surface area contributed by atoms with E-state index in [0.717, 1.165) is 36.8 Å². The second-order valence-corrected chi connectivity index (χ2v) is 8.15. The van der Waals surface area contributed by atoms with Gasteiger partial charge < -0.3 is 15.0 Å². The van der Waals surface area contributed by atoms with E-state index in [0.29, 0.717) is 30.0 Å². The molecule has 2 aromatic rings. The van der Waals surface area contributed by atoms with Gasteiger partial charge in [0.25, 0.3) is 5.91 Å². The topological polar surface area (TPSA) is 78.8 Å². The van der Waals surface area contributed by atoms with E-state index in [1.54, 1.807) is 6.07 Å². The summed E-state index contributed by atoms with van der Waals surface area (Å²) >= 11 is 0. The maximum absolute atomic E-state index is 13.3. The molecule has 1 heterocycles. The number of hydrogen-bond donors (Lipinski definition) is 1. The summed E-state index contributed by atoms with van der Waals surface area (Å²) in [5.74, 6) is -0.212. The van der Waals surface area contributed by atoms with Crippen LogP contribution >= 0.6 is 0 Å². The molecule has 0 radical (unpaired) electrons. The van der Waals surface area contributed by atoms with Gasteiger partial charge in [0.15, 0.2) is 0 Å². The highest BCUT2D eigenvalue weighted by atomic mass is 16.2. The lowest BCUT2D eigenvalue weighted by Crippen LogP contribution is -2.48. The third-order valence-corrected chi connectivity index (χ3v) is 6.01. The smallest absolute Gasteiger partial charge is 0.272 e. The molecule has 1 aliphatic carbocycles. The van der Waals surface area contributed by atoms with Crippen molar-refractivity contribution in [2.24, 2.45) is 10.9 Å². The minimum Gasteiger partial charge on any atom is -0.327 e. The summed E-state index contributed by atoms with van der Waals surface area (Å²) in [6, 6.07) is 17.0. The van der Waals surface area contributed by atoms with Crippen LogP contribution in [-0.2, 0) is 14.4 Å². The van der Waals surface area contributed by atoms with Crippen LogP contribution in [0, 0.1) is 5.92 Å². The van der Waals surface area contributed by atoms with E-state index in [1.165, 1.54) is 11.3 Å². The Balaban J connectivity index is 1.69. The number of benzene rings is 2. The zero-order valence-corrected chi connectivity index (χ0v) is 17.5. The number of nitrogens with one attached hydrogen (secondary N) is 1. The second kappa shape index (κ2) is 9.69. The molecule has 1 N–H and O–H groups in total. The fourth-order valence-corrected chi connectivity index (χ4v) is 4.48. The first-order valence-electron chi connectivity index (χ1n) is 10.9. The van der Waals surface area contributed by atoms with Crippen LogP contribution in [0.1, 0.15) is 49.7 Å². The monoisotopic (exact) mass is 417 g/mol. The summed E-state index contributed by atoms with van der Waals surface area (Å²) in [5.41, 5.74) is 2.85. The van der Waals surface area contributed by atoms with E-state index >= 15 is 0 Å². The van der Waals surface area contributed by atoms with Crippen LogP contribution in [-0.4, -0.2) is 36.5 Å². The number of hydrogen-bond acceptors (Lipinski definition) is 4. The lowest BCUT2D eigenvalue weighted by atomic mass is 9.87. The third-order valence-electron chi connectivity index (χ3n) is 6.01. The molecule has 0 bridgehead atoms. The number of aliphatic imine (C=N–C) groups is 1. The van der Waals surface area contributed by atoms with Crippen molar-refractivity contribution in [2.45, 2.75) is 44.7 Å². The van der Waals surface area contributed by atoms with Crippen LogP contribution in [0.15, 0.2) is 59.6 Å². The number of fused-ring (bicyclic) bond motifs is 1. The molecule has 0 aromatic heterocycles. The minimum atomic E-state index is -1.07. The van der Waals surface area contributed by atoms with Crippen LogP contribution < -0.4 is 10.2 Å². The van der Waals surface area contributed by atoms with Gasteiger partial charge in [-0.2, -0.15) is 0 Å². The fraction of sp³-hybridized carbons (Fsp3) is 0.360. The summed E-state index contributed by atoms with van der Waals surface area (Å²) in [5, 5.41) is 2.85. The zero-order chi connectivity index (χ0) is 21.6. The van der Waals surface area contributed by atoms with Crippen LogP contribution in [0.3, 0.4) is 0 Å². The largest absolute Gasteiger partial charge is 0.327 e. The molecule has 1 saturated carbocycles. The molecule has 1 unspecified atom stereocenters. The molecule has 0 spiro atoms. The average Bonchev–Trinajstić information content (AvgIpc) is 2.91. The van der Waals surface area contributed by atoms with Crippen molar-refractivity contribution in [2.75, 3.05) is 11.4 Å². The number of aldehydes is 1. The van der Waals surface area contributed by atoms with Crippen LogP contribution in [0.5, 0.6) is 0 Å². The molecular formula is C25H27N3O3. The van der Waals surface area contributed by atoms with Crippen molar-refractivity contribution in [3.8, 4) is 0 Å². The highest BCUT2D eigenvalue weighted by Crippen LogP contribution is 2.29. The molecule has 160 valence electrons. The Morgan fingerprint density at radius 1 is 1.03 bits per heavy atom. The van der Waals surface area contributed by atoms with E-state index in [9.17, 15) is 14.4 Å². The van der Waals surface area contributed by atoms with Crippen LogP contribution in [0.25, 0.3) is 0 Å². The highest BCUT2D eigenvalue weighted by Gasteiger charge is 2.33. The second-order valence-electron chi connectivity index (χ2n) is 8.15. The normalized spacial score (nSPS) is 19.2. The minimum absolute atomic E-state index is 0.0948. The number of benzodiazepines with no additional fused rings is 1. The molecule has 6 nitrogen and oxygen atoms in total. The molecule has 31 heavy (non-hydrogen) atoms. The van der Waals surface area contributed by atoms with Crippen molar-refractivity contribution in [3.05, 3.63) is 65.7 Å². The summed E-state index contributed by atoms with van der Waals surface area (Å²) in [7, 11) is 0. The van der Waals surface area contributed by atoms with Gasteiger partial charge in [-0.05, 0) is 24.8 Å². The number of para-hydroxylation sites is 1. The summed E-state index contributed by atoms with van der Waals surface area (Å²) < 4.78 is 0. The number of rotatable bonds is 6. The van der Waals surface area contributed by atoms with Crippen molar-refractivity contribution >= 4 is 29.5 Å². The predicted octanol–water partition coefficient (Wildman–Crippen LogP) is 3.48. The average molecular weight is 418 g/mol. The molecule has 2 amide bonds. The summed E-state index contributed by atoms with van der Waals surface area (Å²) in [6.45, 7) is -0.0948. The van der Waals surface area contributed by atoms with Crippen molar-refractivity contribution in [3.63, 3.8) is 0 Å². The van der Waals surface area contributed by atoms with E-state index in [-0.39, 0.29) is 12.5 Å². The van der Waals surface area contributed by atoms with Gasteiger partial charge in [-0.15, -0.1) is 0 Å². The van der Waals surface area contributed by atoms with Crippen LogP contribution in [0.2, 0.25) is 0 Å². The maximum Gasteiger partial charge on any atom is 0.272 e. The third kappa shape index (κ3) is 4.74. The lowest BCUT2D eigenvalue weighted by molar-refractivity contribution is -0.128. The van der Waals surface area contributed by atoms with Crippen molar-refractivity contribution in [1.29, 1.82) is 0 Å². The van der Waals surface area contributed by atoms with Gasteiger partial charge in [-0.1, -0.05) is 67.8 Å². The zero-order valence-electron chi connectivity index (χ0n) is 17.5. The fourth-order valence-electron chi connectivity index (χ4n) is 4.48. The van der Waals surface area contributed by atoms with E-state index in [1.807, 2.05) is 48.5 Å². The van der Waals surface area contributed by atoms with Gasteiger partial charge in [0.1, 0.15) is 6.29 Å². The quantitative estimate of drug-likeness (QED) is 0.731. The first-order valence-corrected chi connectivity index (χ1v) is 10.9. The Kier molecular flexibility index (Phi) is 6.55. The Hall–Kier alpha value is -3.28. The molecular weight excluding hydrogens is 390 g/mol. The number of amides is 2. The Labute approximate surface area is 182 Å². The van der Waals surface area contributed by atoms with E-state index in [4.69, 9.17) is 4.99 Å².